The molecule has 166 valence electrons. The molecule has 0 aromatic heterocycles. The zero-order valence-electron chi connectivity index (χ0n) is 18.1. The molecule has 6 heteroatoms. The van der Waals surface area contributed by atoms with Crippen molar-refractivity contribution in [2.45, 2.75) is 63.4 Å². The molecule has 1 fully saturated rings. The Morgan fingerprint density at radius 2 is 1.74 bits per heavy atom. The molecule has 1 atom stereocenters. The van der Waals surface area contributed by atoms with Crippen molar-refractivity contribution in [3.05, 3.63) is 70.7 Å². The largest absolute Gasteiger partial charge is 0.352 e. The molecule has 0 saturated heterocycles. The van der Waals surface area contributed by atoms with Crippen LogP contribution >= 0.6 is 23.4 Å². The van der Waals surface area contributed by atoms with Crippen molar-refractivity contribution in [2.75, 3.05) is 5.75 Å². The molecule has 2 aromatic carbocycles. The fourth-order valence-corrected chi connectivity index (χ4v) is 4.85. The minimum Gasteiger partial charge on any atom is -0.352 e. The number of amides is 2. The summed E-state index contributed by atoms with van der Waals surface area (Å²) >= 11 is 7.75. The van der Waals surface area contributed by atoms with Gasteiger partial charge in [0.1, 0.15) is 6.04 Å². The maximum atomic E-state index is 13.1. The zero-order valence-corrected chi connectivity index (χ0v) is 19.6. The highest BCUT2D eigenvalue weighted by Gasteiger charge is 2.28. The van der Waals surface area contributed by atoms with E-state index in [0.717, 1.165) is 42.8 Å². The van der Waals surface area contributed by atoms with Gasteiger partial charge in [-0.05, 0) is 43.0 Å². The van der Waals surface area contributed by atoms with E-state index in [9.17, 15) is 9.59 Å². The number of halogens is 1. The van der Waals surface area contributed by atoms with Crippen molar-refractivity contribution in [1.29, 1.82) is 0 Å². The van der Waals surface area contributed by atoms with E-state index in [0.29, 0.717) is 18.0 Å². The lowest BCUT2D eigenvalue weighted by Gasteiger charge is -2.30. The van der Waals surface area contributed by atoms with Crippen LogP contribution in [0.5, 0.6) is 0 Å². The van der Waals surface area contributed by atoms with Crippen molar-refractivity contribution in [2.24, 2.45) is 0 Å². The highest BCUT2D eigenvalue weighted by molar-refractivity contribution is 7.98. The average Bonchev–Trinajstić information content (AvgIpc) is 3.29. The molecule has 0 radical (unpaired) electrons. The number of carbonyl (C=O) groups is 2. The Balaban J connectivity index is 1.59. The Morgan fingerprint density at radius 3 is 2.42 bits per heavy atom. The van der Waals surface area contributed by atoms with Crippen LogP contribution in [0.15, 0.2) is 54.6 Å². The Kier molecular flexibility index (Phi) is 9.29. The lowest BCUT2D eigenvalue weighted by atomic mass is 10.1. The van der Waals surface area contributed by atoms with Crippen LogP contribution in [0.4, 0.5) is 0 Å². The third-order valence-corrected chi connectivity index (χ3v) is 6.99. The van der Waals surface area contributed by atoms with Gasteiger partial charge in [-0.1, -0.05) is 66.9 Å². The lowest BCUT2D eigenvalue weighted by molar-refractivity contribution is -0.140. The van der Waals surface area contributed by atoms with Gasteiger partial charge in [0.15, 0.2) is 0 Å². The van der Waals surface area contributed by atoms with Crippen molar-refractivity contribution < 1.29 is 9.59 Å². The van der Waals surface area contributed by atoms with E-state index < -0.39 is 6.04 Å². The van der Waals surface area contributed by atoms with Gasteiger partial charge in [-0.15, -0.1) is 0 Å². The second kappa shape index (κ2) is 12.2. The maximum Gasteiger partial charge on any atom is 0.242 e. The monoisotopic (exact) mass is 458 g/mol. The predicted octanol–water partition coefficient (Wildman–Crippen LogP) is 5.44. The van der Waals surface area contributed by atoms with E-state index in [1.807, 2.05) is 49.4 Å². The van der Waals surface area contributed by atoms with Crippen LogP contribution in [0, 0.1) is 0 Å². The standard InChI is InChI=1S/C25H31ClN2O2S/c1-19(25(30)27-23-9-5-6-10-23)28(17-20-11-13-22(26)14-12-20)24(29)15-16-31-18-21-7-3-2-4-8-21/h2-4,7-8,11-14,19,23H,5-6,9-10,15-18H2,1H3,(H,27,30)/t19-/m1/s1. The van der Waals surface area contributed by atoms with Crippen LogP contribution < -0.4 is 5.32 Å². The Bertz CT molecular complexity index is 838. The van der Waals surface area contributed by atoms with Crippen LogP contribution in [0.3, 0.4) is 0 Å². The summed E-state index contributed by atoms with van der Waals surface area (Å²) in [5.41, 5.74) is 2.22. The number of nitrogens with one attached hydrogen (secondary N) is 1. The Labute approximate surface area is 194 Å². The van der Waals surface area contributed by atoms with Gasteiger partial charge >= 0.3 is 0 Å². The van der Waals surface area contributed by atoms with Gasteiger partial charge in [0.2, 0.25) is 11.8 Å². The first-order valence-electron chi connectivity index (χ1n) is 11.0. The van der Waals surface area contributed by atoms with Crippen LogP contribution in [0.2, 0.25) is 5.02 Å². The van der Waals surface area contributed by atoms with Crippen molar-refractivity contribution in [3.63, 3.8) is 0 Å². The summed E-state index contributed by atoms with van der Waals surface area (Å²) in [4.78, 5) is 27.7. The zero-order chi connectivity index (χ0) is 22.1. The van der Waals surface area contributed by atoms with Gasteiger partial charge in [-0.3, -0.25) is 9.59 Å². The predicted molar refractivity (Wildman–Crippen MR) is 129 cm³/mol. The summed E-state index contributed by atoms with van der Waals surface area (Å²) in [6, 6.07) is 17.4. The van der Waals surface area contributed by atoms with Crippen LogP contribution in [0.25, 0.3) is 0 Å². The minimum atomic E-state index is -0.511. The van der Waals surface area contributed by atoms with Crippen LogP contribution in [0.1, 0.15) is 50.2 Å². The summed E-state index contributed by atoms with van der Waals surface area (Å²) in [5, 5.41) is 3.80. The molecule has 4 nitrogen and oxygen atoms in total. The number of hydrogen-bond acceptors (Lipinski definition) is 3. The maximum absolute atomic E-state index is 13.1. The van der Waals surface area contributed by atoms with E-state index in [2.05, 4.69) is 17.4 Å². The van der Waals surface area contributed by atoms with Gasteiger partial charge in [0.25, 0.3) is 0 Å². The molecule has 1 aliphatic carbocycles. The second-order valence-electron chi connectivity index (χ2n) is 8.10. The Hall–Kier alpha value is -1.98. The highest BCUT2D eigenvalue weighted by Crippen LogP contribution is 2.20. The SMILES string of the molecule is C[C@H](C(=O)NC1CCCC1)N(Cc1ccc(Cl)cc1)C(=O)CCSCc1ccccc1. The first-order chi connectivity index (χ1) is 15.0. The van der Waals surface area contributed by atoms with E-state index >= 15 is 0 Å². The molecular formula is C25H31ClN2O2S. The molecule has 1 N–H and O–H groups in total. The Morgan fingerprint density at radius 1 is 1.06 bits per heavy atom. The molecule has 1 saturated carbocycles. The van der Waals surface area contributed by atoms with Gasteiger partial charge < -0.3 is 10.2 Å². The molecule has 0 spiro atoms. The average molecular weight is 459 g/mol. The van der Waals surface area contributed by atoms with E-state index in [-0.39, 0.29) is 17.9 Å². The molecule has 2 aromatic rings. The highest BCUT2D eigenvalue weighted by atomic mass is 35.5. The topological polar surface area (TPSA) is 49.4 Å². The quantitative estimate of drug-likeness (QED) is 0.482. The third-order valence-electron chi connectivity index (χ3n) is 5.71. The molecular weight excluding hydrogens is 428 g/mol. The third kappa shape index (κ3) is 7.58. The molecule has 0 unspecified atom stereocenters. The first-order valence-corrected chi connectivity index (χ1v) is 12.5. The number of carbonyl (C=O) groups excluding carboxylic acids is 2. The summed E-state index contributed by atoms with van der Waals surface area (Å²) in [7, 11) is 0. The smallest absolute Gasteiger partial charge is 0.242 e. The summed E-state index contributed by atoms with van der Waals surface area (Å²) in [5.74, 6) is 1.54. The number of benzene rings is 2. The molecule has 31 heavy (non-hydrogen) atoms. The molecule has 2 amide bonds. The van der Waals surface area contributed by atoms with Gasteiger partial charge in [0.05, 0.1) is 0 Å². The minimum absolute atomic E-state index is 0.00424. The number of hydrogen-bond donors (Lipinski definition) is 1. The van der Waals surface area contributed by atoms with Crippen molar-refractivity contribution in [1.82, 2.24) is 10.2 Å². The molecule has 1 aliphatic rings. The number of nitrogens with zero attached hydrogens (tertiary/aromatic N) is 1. The first kappa shape index (κ1) is 23.7. The van der Waals surface area contributed by atoms with Gasteiger partial charge in [0, 0.05) is 35.5 Å². The second-order valence-corrected chi connectivity index (χ2v) is 9.64. The summed E-state index contributed by atoms with van der Waals surface area (Å²) in [6.45, 7) is 2.23. The summed E-state index contributed by atoms with van der Waals surface area (Å²) < 4.78 is 0. The molecule has 0 aliphatic heterocycles. The van der Waals surface area contributed by atoms with Gasteiger partial charge in [-0.2, -0.15) is 11.8 Å². The molecule has 0 heterocycles. The van der Waals surface area contributed by atoms with E-state index in [1.165, 1.54) is 5.56 Å². The van der Waals surface area contributed by atoms with Crippen molar-refractivity contribution in [3.8, 4) is 0 Å². The van der Waals surface area contributed by atoms with Crippen molar-refractivity contribution >= 4 is 35.2 Å². The van der Waals surface area contributed by atoms with E-state index in [4.69, 9.17) is 11.6 Å². The molecule has 0 bridgehead atoms. The fraction of sp³-hybridized carbons (Fsp3) is 0.440. The molecule has 3 rings (SSSR count). The fourth-order valence-electron chi connectivity index (χ4n) is 3.83. The van der Waals surface area contributed by atoms with Crippen LogP contribution in [-0.2, 0) is 21.9 Å². The number of rotatable bonds is 10. The normalized spacial score (nSPS) is 14.9. The summed E-state index contributed by atoms with van der Waals surface area (Å²) in [6.07, 6.45) is 4.78. The number of thioether (sulfide) groups is 1. The van der Waals surface area contributed by atoms with Crippen LogP contribution in [-0.4, -0.2) is 34.6 Å². The van der Waals surface area contributed by atoms with Gasteiger partial charge in [-0.25, -0.2) is 0 Å². The lowest BCUT2D eigenvalue weighted by Crippen LogP contribution is -2.49. The van der Waals surface area contributed by atoms with E-state index in [1.54, 1.807) is 16.7 Å².